The molecule has 14 heavy (non-hydrogen) atoms. The smallest absolute Gasteiger partial charge is 0.221 e. The maximum absolute atomic E-state index is 5.51. The van der Waals surface area contributed by atoms with Crippen molar-refractivity contribution in [3.05, 3.63) is 12.3 Å². The molecule has 0 radical (unpaired) electrons. The summed E-state index contributed by atoms with van der Waals surface area (Å²) in [5.41, 5.74) is 5.51. The Hall–Kier alpha value is -1.36. The lowest BCUT2D eigenvalue weighted by molar-refractivity contribution is 0.121. The maximum Gasteiger partial charge on any atom is 0.221 e. The number of aromatic nitrogens is 2. The average Bonchev–Trinajstić information content (AvgIpc) is 2.66. The van der Waals surface area contributed by atoms with Crippen molar-refractivity contribution in [2.45, 2.75) is 12.5 Å². The van der Waals surface area contributed by atoms with Crippen molar-refractivity contribution in [3.8, 4) is 0 Å². The van der Waals surface area contributed by atoms with Gasteiger partial charge in [0.25, 0.3) is 0 Å². The van der Waals surface area contributed by atoms with Crippen molar-refractivity contribution in [2.24, 2.45) is 0 Å². The first-order valence-electron chi connectivity index (χ1n) is 4.66. The number of methoxy groups -OCH3 is 1. The van der Waals surface area contributed by atoms with Crippen LogP contribution in [0.1, 0.15) is 6.42 Å². The van der Waals surface area contributed by atoms with Gasteiger partial charge >= 0.3 is 0 Å². The topological polar surface area (TPSA) is 64.3 Å². The predicted octanol–water partition coefficient (Wildman–Crippen LogP) is 0.284. The lowest BCUT2D eigenvalue weighted by Crippen LogP contribution is -2.23. The van der Waals surface area contributed by atoms with Crippen LogP contribution in [0.25, 0.3) is 0 Å². The summed E-state index contributed by atoms with van der Waals surface area (Å²) in [6, 6.07) is 1.87. The van der Waals surface area contributed by atoms with Crippen molar-refractivity contribution >= 4 is 11.8 Å². The van der Waals surface area contributed by atoms with Crippen LogP contribution in [0.3, 0.4) is 0 Å². The molecule has 1 atom stereocenters. The van der Waals surface area contributed by atoms with Crippen molar-refractivity contribution in [2.75, 3.05) is 30.8 Å². The van der Waals surface area contributed by atoms with Crippen molar-refractivity contribution in [3.63, 3.8) is 0 Å². The van der Waals surface area contributed by atoms with Gasteiger partial charge in [-0.2, -0.15) is 4.98 Å². The molecule has 0 unspecified atom stereocenters. The fraction of sp³-hybridized carbons (Fsp3) is 0.556. The molecule has 0 saturated carbocycles. The lowest BCUT2D eigenvalue weighted by atomic mass is 10.3. The highest BCUT2D eigenvalue weighted by molar-refractivity contribution is 5.42. The Morgan fingerprint density at radius 2 is 2.50 bits per heavy atom. The summed E-state index contributed by atoms with van der Waals surface area (Å²) in [5, 5.41) is 0. The molecule has 1 fully saturated rings. The second-order valence-corrected chi connectivity index (χ2v) is 3.37. The van der Waals surface area contributed by atoms with E-state index in [0.717, 1.165) is 25.3 Å². The normalized spacial score (nSPS) is 21.5. The van der Waals surface area contributed by atoms with E-state index in [-0.39, 0.29) is 0 Å². The number of nitrogens with two attached hydrogens (primary N) is 1. The van der Waals surface area contributed by atoms with E-state index in [4.69, 9.17) is 10.5 Å². The third-order valence-electron chi connectivity index (χ3n) is 2.46. The summed E-state index contributed by atoms with van der Waals surface area (Å²) in [4.78, 5) is 10.2. The van der Waals surface area contributed by atoms with Crippen molar-refractivity contribution < 1.29 is 4.74 Å². The molecule has 1 aromatic rings. The third-order valence-corrected chi connectivity index (χ3v) is 2.46. The molecule has 1 saturated heterocycles. The molecule has 1 aliphatic heterocycles. The molecule has 0 aliphatic carbocycles. The van der Waals surface area contributed by atoms with E-state index < -0.39 is 0 Å². The van der Waals surface area contributed by atoms with Gasteiger partial charge in [-0.05, 0) is 12.5 Å². The zero-order chi connectivity index (χ0) is 9.97. The minimum Gasteiger partial charge on any atom is -0.380 e. The van der Waals surface area contributed by atoms with Crippen LogP contribution in [0.4, 0.5) is 11.8 Å². The van der Waals surface area contributed by atoms with Crippen LogP contribution in [0.5, 0.6) is 0 Å². The van der Waals surface area contributed by atoms with Gasteiger partial charge in [0, 0.05) is 26.4 Å². The maximum atomic E-state index is 5.51. The summed E-state index contributed by atoms with van der Waals surface area (Å²) < 4.78 is 5.28. The van der Waals surface area contributed by atoms with Crippen LogP contribution in [0.2, 0.25) is 0 Å². The van der Waals surface area contributed by atoms with E-state index in [2.05, 4.69) is 14.9 Å². The number of nitrogen functional groups attached to an aromatic ring is 1. The fourth-order valence-electron chi connectivity index (χ4n) is 1.67. The van der Waals surface area contributed by atoms with Crippen LogP contribution in [0.15, 0.2) is 12.3 Å². The molecule has 76 valence electrons. The third kappa shape index (κ3) is 1.77. The molecule has 2 N–H and O–H groups in total. The van der Waals surface area contributed by atoms with Crippen molar-refractivity contribution in [1.29, 1.82) is 0 Å². The van der Waals surface area contributed by atoms with Gasteiger partial charge < -0.3 is 15.4 Å². The van der Waals surface area contributed by atoms with E-state index in [0.29, 0.717) is 12.1 Å². The largest absolute Gasteiger partial charge is 0.380 e. The fourth-order valence-corrected chi connectivity index (χ4v) is 1.67. The summed E-state index contributed by atoms with van der Waals surface area (Å²) in [6.45, 7) is 1.85. The Kier molecular flexibility index (Phi) is 2.49. The highest BCUT2D eigenvalue weighted by Gasteiger charge is 2.22. The molecule has 5 nitrogen and oxygen atoms in total. The molecule has 0 amide bonds. The van der Waals surface area contributed by atoms with Crippen molar-refractivity contribution in [1.82, 2.24) is 9.97 Å². The molecule has 0 bridgehead atoms. The van der Waals surface area contributed by atoms with E-state index in [1.807, 2.05) is 6.07 Å². The predicted molar refractivity (Wildman–Crippen MR) is 54.1 cm³/mol. The molecule has 1 aromatic heterocycles. The van der Waals surface area contributed by atoms with Gasteiger partial charge in [0.2, 0.25) is 5.95 Å². The zero-order valence-electron chi connectivity index (χ0n) is 8.18. The van der Waals surface area contributed by atoms with Gasteiger partial charge in [0.1, 0.15) is 5.82 Å². The Morgan fingerprint density at radius 1 is 1.64 bits per heavy atom. The number of ether oxygens (including phenoxy) is 1. The second kappa shape index (κ2) is 3.79. The number of anilines is 2. The highest BCUT2D eigenvalue weighted by atomic mass is 16.5. The summed E-state index contributed by atoms with van der Waals surface area (Å²) in [6.07, 6.45) is 3.03. The number of rotatable bonds is 2. The first kappa shape index (κ1) is 9.21. The van der Waals surface area contributed by atoms with Gasteiger partial charge in [-0.15, -0.1) is 0 Å². The molecular formula is C9H14N4O. The first-order valence-corrected chi connectivity index (χ1v) is 4.66. The standard InChI is InChI=1S/C9H14N4O/c1-14-7-3-5-13(6-7)8-2-4-11-9(10)12-8/h2,4,7H,3,5-6H2,1H3,(H2,10,11,12)/t7-/m1/s1. The summed E-state index contributed by atoms with van der Waals surface area (Å²) in [5.74, 6) is 1.21. The van der Waals surface area contributed by atoms with E-state index in [1.165, 1.54) is 0 Å². The number of hydrogen-bond donors (Lipinski definition) is 1. The molecule has 2 heterocycles. The van der Waals surface area contributed by atoms with Crippen LogP contribution in [-0.4, -0.2) is 36.3 Å². The first-order chi connectivity index (χ1) is 6.79. The van der Waals surface area contributed by atoms with Crippen LogP contribution < -0.4 is 10.6 Å². The minimum absolute atomic E-state index is 0.311. The molecule has 0 aromatic carbocycles. The SMILES string of the molecule is CO[C@@H]1CCN(c2ccnc(N)n2)C1. The quantitative estimate of drug-likeness (QED) is 0.732. The Balaban J connectivity index is 2.09. The minimum atomic E-state index is 0.311. The Labute approximate surface area is 82.9 Å². The summed E-state index contributed by atoms with van der Waals surface area (Å²) in [7, 11) is 1.74. The zero-order valence-corrected chi connectivity index (χ0v) is 8.18. The molecule has 1 aliphatic rings. The number of hydrogen-bond acceptors (Lipinski definition) is 5. The number of nitrogens with zero attached hydrogens (tertiary/aromatic N) is 3. The highest BCUT2D eigenvalue weighted by Crippen LogP contribution is 2.19. The summed E-state index contributed by atoms with van der Waals surface area (Å²) >= 11 is 0. The van der Waals surface area contributed by atoms with E-state index in [9.17, 15) is 0 Å². The second-order valence-electron chi connectivity index (χ2n) is 3.37. The van der Waals surface area contributed by atoms with E-state index >= 15 is 0 Å². The van der Waals surface area contributed by atoms with Gasteiger partial charge in [0.15, 0.2) is 0 Å². The lowest BCUT2D eigenvalue weighted by Gasteiger charge is -2.16. The Morgan fingerprint density at radius 3 is 3.14 bits per heavy atom. The molecule has 2 rings (SSSR count). The van der Waals surface area contributed by atoms with Gasteiger partial charge in [-0.1, -0.05) is 0 Å². The average molecular weight is 194 g/mol. The Bertz CT molecular complexity index is 317. The van der Waals surface area contributed by atoms with Crippen LogP contribution >= 0.6 is 0 Å². The molecule has 0 spiro atoms. The monoisotopic (exact) mass is 194 g/mol. The van der Waals surface area contributed by atoms with E-state index in [1.54, 1.807) is 13.3 Å². The van der Waals surface area contributed by atoms with Gasteiger partial charge in [0.05, 0.1) is 6.10 Å². The molecule has 5 heteroatoms. The van der Waals surface area contributed by atoms with Crippen LogP contribution in [-0.2, 0) is 4.74 Å². The van der Waals surface area contributed by atoms with Crippen LogP contribution in [0, 0.1) is 0 Å². The van der Waals surface area contributed by atoms with Gasteiger partial charge in [-0.3, -0.25) is 0 Å². The molecular weight excluding hydrogens is 180 g/mol. The van der Waals surface area contributed by atoms with Gasteiger partial charge in [-0.25, -0.2) is 4.98 Å².